The summed E-state index contributed by atoms with van der Waals surface area (Å²) in [5.74, 6) is 1.93. The summed E-state index contributed by atoms with van der Waals surface area (Å²) in [5, 5.41) is 3.14. The summed E-state index contributed by atoms with van der Waals surface area (Å²) in [4.78, 5) is 31.0. The lowest BCUT2D eigenvalue weighted by Gasteiger charge is -2.36. The van der Waals surface area contributed by atoms with E-state index in [2.05, 4.69) is 31.2 Å². The van der Waals surface area contributed by atoms with Gasteiger partial charge in [-0.3, -0.25) is 9.69 Å². The molecule has 0 saturated carbocycles. The molecule has 2 aliphatic heterocycles. The Morgan fingerprint density at radius 2 is 2.06 bits per heavy atom. The van der Waals surface area contributed by atoms with E-state index in [1.54, 1.807) is 6.20 Å². The Kier molecular flexibility index (Phi) is 8.65. The Hall–Kier alpha value is -2.52. The van der Waals surface area contributed by atoms with Crippen LogP contribution >= 0.6 is 0 Å². The highest BCUT2D eigenvalue weighted by Gasteiger charge is 2.26. The summed E-state index contributed by atoms with van der Waals surface area (Å²) in [6.07, 6.45) is 11.1. The Morgan fingerprint density at radius 3 is 2.88 bits per heavy atom. The number of nitrogens with one attached hydrogen (secondary N) is 1. The maximum absolute atomic E-state index is 12.7. The first-order chi connectivity index (χ1) is 16.2. The average Bonchev–Trinajstić information content (AvgIpc) is 3.35. The van der Waals surface area contributed by atoms with E-state index in [-0.39, 0.29) is 11.9 Å². The van der Waals surface area contributed by atoms with E-state index in [0.29, 0.717) is 6.42 Å². The van der Waals surface area contributed by atoms with Crippen molar-refractivity contribution in [1.82, 2.24) is 29.7 Å². The first-order valence-electron chi connectivity index (χ1n) is 12.3. The van der Waals surface area contributed by atoms with Gasteiger partial charge in [-0.15, -0.1) is 0 Å². The molecule has 9 heteroatoms. The molecule has 0 radical (unpaired) electrons. The lowest BCUT2D eigenvalue weighted by Crippen LogP contribution is -2.44. The number of carbonyl (C=O) groups is 1. The van der Waals surface area contributed by atoms with Gasteiger partial charge in [0.05, 0.1) is 19.5 Å². The Bertz CT molecular complexity index is 868. The van der Waals surface area contributed by atoms with E-state index in [9.17, 15) is 4.79 Å². The highest BCUT2D eigenvalue weighted by atomic mass is 16.5. The number of aromatic nitrogens is 4. The molecule has 2 saturated heterocycles. The van der Waals surface area contributed by atoms with E-state index in [1.807, 2.05) is 24.0 Å². The number of rotatable bonds is 10. The number of ether oxygens (including phenoxy) is 1. The largest absolute Gasteiger partial charge is 0.379 e. The molecule has 2 aromatic rings. The predicted molar refractivity (Wildman–Crippen MR) is 127 cm³/mol. The topological polar surface area (TPSA) is 88.4 Å². The molecule has 0 bridgehead atoms. The highest BCUT2D eigenvalue weighted by Crippen LogP contribution is 2.26. The Morgan fingerprint density at radius 1 is 1.18 bits per heavy atom. The van der Waals surface area contributed by atoms with E-state index in [1.165, 1.54) is 0 Å². The zero-order valence-corrected chi connectivity index (χ0v) is 19.8. The van der Waals surface area contributed by atoms with Gasteiger partial charge in [-0.05, 0) is 39.2 Å². The van der Waals surface area contributed by atoms with Crippen LogP contribution in [0, 0.1) is 6.92 Å². The van der Waals surface area contributed by atoms with Crippen molar-refractivity contribution < 1.29 is 9.53 Å². The Labute approximate surface area is 196 Å². The molecule has 0 aromatic carbocycles. The number of morpholine rings is 1. The molecule has 1 unspecified atom stereocenters. The smallest absolute Gasteiger partial charge is 0.222 e. The number of amides is 1. The van der Waals surface area contributed by atoms with Gasteiger partial charge in [0.2, 0.25) is 5.91 Å². The number of aryl methyl sites for hydroxylation is 3. The minimum atomic E-state index is 0.139. The molecular formula is C24H37N7O2. The lowest BCUT2D eigenvalue weighted by molar-refractivity contribution is -0.121. The SMILES string of the molecule is Cc1cc(N2CCCCC2CC(=O)NCCCN2CCOCC2)nc(CCn2ccnc2)n1. The quantitative estimate of drug-likeness (QED) is 0.547. The number of anilines is 1. The maximum Gasteiger partial charge on any atom is 0.222 e. The molecule has 180 valence electrons. The summed E-state index contributed by atoms with van der Waals surface area (Å²) >= 11 is 0. The number of hydrogen-bond acceptors (Lipinski definition) is 7. The fourth-order valence-electron chi connectivity index (χ4n) is 4.68. The highest BCUT2D eigenvalue weighted by molar-refractivity contribution is 5.77. The van der Waals surface area contributed by atoms with E-state index in [0.717, 1.165) is 102 Å². The molecular weight excluding hydrogens is 418 g/mol. The fraction of sp³-hybridized carbons (Fsp3) is 0.667. The summed E-state index contributed by atoms with van der Waals surface area (Å²) in [7, 11) is 0. The second-order valence-electron chi connectivity index (χ2n) is 9.04. The fourth-order valence-corrected chi connectivity index (χ4v) is 4.68. The van der Waals surface area contributed by atoms with Crippen molar-refractivity contribution in [1.29, 1.82) is 0 Å². The third kappa shape index (κ3) is 7.23. The lowest BCUT2D eigenvalue weighted by atomic mass is 9.99. The van der Waals surface area contributed by atoms with Crippen LogP contribution in [-0.2, 0) is 22.5 Å². The van der Waals surface area contributed by atoms with Crippen molar-refractivity contribution in [3.05, 3.63) is 36.3 Å². The van der Waals surface area contributed by atoms with E-state index >= 15 is 0 Å². The molecule has 2 aromatic heterocycles. The van der Waals surface area contributed by atoms with Gasteiger partial charge in [0.15, 0.2) is 0 Å². The number of hydrogen-bond donors (Lipinski definition) is 1. The minimum absolute atomic E-state index is 0.139. The third-order valence-electron chi connectivity index (χ3n) is 6.46. The molecule has 9 nitrogen and oxygen atoms in total. The van der Waals surface area contributed by atoms with Crippen LogP contribution in [0.2, 0.25) is 0 Å². The molecule has 4 heterocycles. The van der Waals surface area contributed by atoms with Gasteiger partial charge in [-0.25, -0.2) is 15.0 Å². The zero-order valence-electron chi connectivity index (χ0n) is 19.8. The number of imidazole rings is 1. The van der Waals surface area contributed by atoms with E-state index < -0.39 is 0 Å². The summed E-state index contributed by atoms with van der Waals surface area (Å²) < 4.78 is 7.43. The summed E-state index contributed by atoms with van der Waals surface area (Å²) in [6.45, 7) is 9.13. The van der Waals surface area contributed by atoms with Crippen LogP contribution in [0.5, 0.6) is 0 Å². The van der Waals surface area contributed by atoms with Gasteiger partial charge in [0.25, 0.3) is 0 Å². The van der Waals surface area contributed by atoms with Crippen molar-refractivity contribution in [3.63, 3.8) is 0 Å². The van der Waals surface area contributed by atoms with Crippen LogP contribution in [-0.4, -0.2) is 82.3 Å². The zero-order chi connectivity index (χ0) is 22.9. The van der Waals surface area contributed by atoms with Crippen LogP contribution in [0.15, 0.2) is 24.8 Å². The molecule has 4 rings (SSSR count). The summed E-state index contributed by atoms with van der Waals surface area (Å²) in [5.41, 5.74) is 0.970. The normalized spacial score (nSPS) is 19.5. The van der Waals surface area contributed by atoms with Gasteiger partial charge < -0.3 is 19.5 Å². The number of carbonyl (C=O) groups excluding carboxylic acids is 1. The van der Waals surface area contributed by atoms with E-state index in [4.69, 9.17) is 9.72 Å². The monoisotopic (exact) mass is 455 g/mol. The van der Waals surface area contributed by atoms with Gasteiger partial charge in [0.1, 0.15) is 11.6 Å². The first-order valence-corrected chi connectivity index (χ1v) is 12.3. The van der Waals surface area contributed by atoms with Crippen molar-refractivity contribution in [3.8, 4) is 0 Å². The van der Waals surface area contributed by atoms with Crippen LogP contribution in [0.4, 0.5) is 5.82 Å². The van der Waals surface area contributed by atoms with Gasteiger partial charge in [0, 0.05) is 75.8 Å². The molecule has 2 aliphatic rings. The molecule has 1 amide bonds. The first kappa shape index (κ1) is 23.6. The van der Waals surface area contributed by atoms with Gasteiger partial charge >= 0.3 is 0 Å². The molecule has 1 atom stereocenters. The average molecular weight is 456 g/mol. The standard InChI is InChI=1S/C24H37N7O2/c1-20-17-23(28-22(27-20)6-11-30-12-8-25-19-30)31-10-3-2-5-21(31)18-24(32)26-7-4-9-29-13-15-33-16-14-29/h8,12,17,19,21H,2-7,9-11,13-16,18H2,1H3,(H,26,32). The van der Waals surface area contributed by atoms with Crippen molar-refractivity contribution >= 4 is 11.7 Å². The predicted octanol–water partition coefficient (Wildman–Crippen LogP) is 1.81. The third-order valence-corrected chi connectivity index (χ3v) is 6.46. The molecule has 0 spiro atoms. The number of nitrogens with zero attached hydrogens (tertiary/aromatic N) is 6. The maximum atomic E-state index is 12.7. The molecule has 0 aliphatic carbocycles. The molecule has 1 N–H and O–H groups in total. The van der Waals surface area contributed by atoms with Crippen LogP contribution in [0.1, 0.15) is 43.6 Å². The van der Waals surface area contributed by atoms with Crippen LogP contribution < -0.4 is 10.2 Å². The second kappa shape index (κ2) is 12.1. The van der Waals surface area contributed by atoms with Gasteiger partial charge in [-0.2, -0.15) is 0 Å². The van der Waals surface area contributed by atoms with Gasteiger partial charge in [-0.1, -0.05) is 0 Å². The number of piperidine rings is 1. The Balaban J connectivity index is 1.29. The summed E-state index contributed by atoms with van der Waals surface area (Å²) in [6, 6.07) is 2.24. The minimum Gasteiger partial charge on any atom is -0.379 e. The van der Waals surface area contributed by atoms with Crippen molar-refractivity contribution in [2.75, 3.05) is 50.8 Å². The van der Waals surface area contributed by atoms with Crippen molar-refractivity contribution in [2.45, 2.75) is 58.0 Å². The van der Waals surface area contributed by atoms with Crippen LogP contribution in [0.25, 0.3) is 0 Å². The van der Waals surface area contributed by atoms with Crippen LogP contribution in [0.3, 0.4) is 0 Å². The molecule has 33 heavy (non-hydrogen) atoms. The molecule has 2 fully saturated rings. The second-order valence-corrected chi connectivity index (χ2v) is 9.04. The van der Waals surface area contributed by atoms with Crippen molar-refractivity contribution in [2.24, 2.45) is 0 Å².